The first-order valence-corrected chi connectivity index (χ1v) is 8.42. The number of aromatic nitrogens is 2. The number of anilines is 1. The maximum Gasteiger partial charge on any atom is 0.249 e. The van der Waals surface area contributed by atoms with Crippen LogP contribution in [0.25, 0.3) is 0 Å². The molecule has 1 aromatic heterocycles. The largest absolute Gasteiger partial charge is 0.332 e. The molecule has 1 fully saturated rings. The summed E-state index contributed by atoms with van der Waals surface area (Å²) in [6, 6.07) is 4.96. The van der Waals surface area contributed by atoms with Gasteiger partial charge in [-0.05, 0) is 25.6 Å². The first kappa shape index (κ1) is 18.1. The van der Waals surface area contributed by atoms with Crippen LogP contribution in [0.15, 0.2) is 36.7 Å². The van der Waals surface area contributed by atoms with Gasteiger partial charge in [-0.25, -0.2) is 4.39 Å². The lowest BCUT2D eigenvalue weighted by Crippen LogP contribution is -2.47. The number of halogens is 1. The minimum Gasteiger partial charge on any atom is -0.332 e. The molecule has 3 rings (SSSR count). The van der Waals surface area contributed by atoms with E-state index in [1.807, 2.05) is 0 Å². The molecule has 2 atom stereocenters. The maximum absolute atomic E-state index is 14.0. The van der Waals surface area contributed by atoms with Gasteiger partial charge in [0.25, 0.3) is 0 Å². The Morgan fingerprint density at radius 2 is 2.15 bits per heavy atom. The Labute approximate surface area is 151 Å². The lowest BCUT2D eigenvalue weighted by Gasteiger charge is -2.27. The van der Waals surface area contributed by atoms with Gasteiger partial charge in [-0.2, -0.15) is 5.10 Å². The average Bonchev–Trinajstić information content (AvgIpc) is 3.21. The van der Waals surface area contributed by atoms with Crippen molar-refractivity contribution in [2.75, 3.05) is 25.5 Å². The van der Waals surface area contributed by atoms with Crippen molar-refractivity contribution in [1.82, 2.24) is 20.0 Å². The smallest absolute Gasteiger partial charge is 0.249 e. The quantitative estimate of drug-likeness (QED) is 0.867. The van der Waals surface area contributed by atoms with Crippen LogP contribution in [-0.4, -0.2) is 53.2 Å². The summed E-state index contributed by atoms with van der Waals surface area (Å²) in [5.41, 5.74) is 0.974. The topological polar surface area (TPSA) is 70.5 Å². The second-order valence-electron chi connectivity index (χ2n) is 6.36. The molecule has 1 aromatic carbocycles. The van der Waals surface area contributed by atoms with Crippen LogP contribution in [0.3, 0.4) is 0 Å². The van der Waals surface area contributed by atoms with Gasteiger partial charge in [0.05, 0.1) is 11.9 Å². The Hall–Kier alpha value is -2.74. The average molecular weight is 359 g/mol. The van der Waals surface area contributed by atoms with Gasteiger partial charge < -0.3 is 15.1 Å². The van der Waals surface area contributed by atoms with E-state index in [-0.39, 0.29) is 17.5 Å². The van der Waals surface area contributed by atoms with Gasteiger partial charge in [0.15, 0.2) is 0 Å². The van der Waals surface area contributed by atoms with Crippen LogP contribution >= 0.6 is 0 Å². The predicted octanol–water partition coefficient (Wildman–Crippen LogP) is 1.08. The van der Waals surface area contributed by atoms with E-state index >= 15 is 0 Å². The fourth-order valence-electron chi connectivity index (χ4n) is 3.31. The Morgan fingerprint density at radius 1 is 1.42 bits per heavy atom. The molecule has 0 saturated carbocycles. The van der Waals surface area contributed by atoms with Crippen molar-refractivity contribution in [1.29, 1.82) is 0 Å². The number of carbonyl (C=O) groups excluding carboxylic acids is 2. The van der Waals surface area contributed by atoms with Crippen LogP contribution in [0.4, 0.5) is 10.1 Å². The highest BCUT2D eigenvalue weighted by atomic mass is 19.1. The third-order valence-corrected chi connectivity index (χ3v) is 4.73. The number of para-hydroxylation sites is 1. The van der Waals surface area contributed by atoms with Crippen LogP contribution < -0.4 is 10.2 Å². The van der Waals surface area contributed by atoms with Crippen molar-refractivity contribution < 1.29 is 14.0 Å². The maximum atomic E-state index is 14.0. The van der Waals surface area contributed by atoms with E-state index in [4.69, 9.17) is 0 Å². The second kappa shape index (κ2) is 7.25. The van der Waals surface area contributed by atoms with Gasteiger partial charge in [0.2, 0.25) is 11.8 Å². The van der Waals surface area contributed by atoms with Gasteiger partial charge in [-0.15, -0.1) is 0 Å². The summed E-state index contributed by atoms with van der Waals surface area (Å²) in [7, 11) is 5.07. The molecule has 1 aliphatic heterocycles. The molecule has 1 N–H and O–H groups in total. The molecule has 1 aliphatic rings. The molecule has 2 unspecified atom stereocenters. The SMILES string of the molecule is CNC(C(=O)N(C)C1CCN(c2ccccc2F)C1=O)c1cnn(C)c1. The van der Waals surface area contributed by atoms with E-state index in [0.29, 0.717) is 13.0 Å². The summed E-state index contributed by atoms with van der Waals surface area (Å²) < 4.78 is 15.6. The molecule has 8 heteroatoms. The molecule has 2 heterocycles. The molecule has 2 aromatic rings. The lowest BCUT2D eigenvalue weighted by atomic mass is 10.1. The molecule has 26 heavy (non-hydrogen) atoms. The van der Waals surface area contributed by atoms with Crippen molar-refractivity contribution in [2.45, 2.75) is 18.5 Å². The lowest BCUT2D eigenvalue weighted by molar-refractivity contribution is -0.138. The van der Waals surface area contributed by atoms with Crippen molar-refractivity contribution in [3.63, 3.8) is 0 Å². The molecule has 0 spiro atoms. The second-order valence-corrected chi connectivity index (χ2v) is 6.36. The summed E-state index contributed by atoms with van der Waals surface area (Å²) in [6.07, 6.45) is 3.84. The van der Waals surface area contributed by atoms with E-state index in [1.165, 1.54) is 15.9 Å². The predicted molar refractivity (Wildman–Crippen MR) is 94.9 cm³/mol. The minimum absolute atomic E-state index is 0.228. The van der Waals surface area contributed by atoms with Crippen LogP contribution in [0.2, 0.25) is 0 Å². The Kier molecular flexibility index (Phi) is 5.03. The monoisotopic (exact) mass is 359 g/mol. The number of aryl methyl sites for hydroxylation is 1. The van der Waals surface area contributed by atoms with E-state index in [9.17, 15) is 14.0 Å². The number of rotatable bonds is 5. The number of hydrogen-bond acceptors (Lipinski definition) is 4. The van der Waals surface area contributed by atoms with Crippen LogP contribution in [0.5, 0.6) is 0 Å². The Balaban J connectivity index is 1.77. The number of benzene rings is 1. The Bertz CT molecular complexity index is 821. The third kappa shape index (κ3) is 3.20. The van der Waals surface area contributed by atoms with Gasteiger partial charge >= 0.3 is 0 Å². The van der Waals surface area contributed by atoms with E-state index in [1.54, 1.807) is 56.4 Å². The summed E-state index contributed by atoms with van der Waals surface area (Å²) >= 11 is 0. The third-order valence-electron chi connectivity index (χ3n) is 4.73. The summed E-state index contributed by atoms with van der Waals surface area (Å²) in [4.78, 5) is 28.5. The molecule has 1 saturated heterocycles. The molecule has 0 aliphatic carbocycles. The van der Waals surface area contributed by atoms with Gasteiger partial charge in [-0.3, -0.25) is 14.3 Å². The fraction of sp³-hybridized carbons (Fsp3) is 0.389. The van der Waals surface area contributed by atoms with Gasteiger partial charge in [0.1, 0.15) is 17.9 Å². The highest BCUT2D eigenvalue weighted by Gasteiger charge is 2.39. The van der Waals surface area contributed by atoms with Crippen molar-refractivity contribution in [3.8, 4) is 0 Å². The summed E-state index contributed by atoms with van der Waals surface area (Å²) in [6.45, 7) is 0.374. The highest BCUT2D eigenvalue weighted by Crippen LogP contribution is 2.27. The zero-order valence-electron chi connectivity index (χ0n) is 15.0. The van der Waals surface area contributed by atoms with Crippen molar-refractivity contribution in [3.05, 3.63) is 48.0 Å². The van der Waals surface area contributed by atoms with E-state index < -0.39 is 17.9 Å². The zero-order valence-corrected chi connectivity index (χ0v) is 15.0. The van der Waals surface area contributed by atoms with Crippen LogP contribution in [0, 0.1) is 5.82 Å². The van der Waals surface area contributed by atoms with Gasteiger partial charge in [-0.1, -0.05) is 12.1 Å². The van der Waals surface area contributed by atoms with Gasteiger partial charge in [0, 0.05) is 32.4 Å². The fourth-order valence-corrected chi connectivity index (χ4v) is 3.31. The number of nitrogens with zero attached hydrogens (tertiary/aromatic N) is 4. The highest BCUT2D eigenvalue weighted by molar-refractivity contribution is 6.01. The number of hydrogen-bond donors (Lipinski definition) is 1. The van der Waals surface area contributed by atoms with E-state index in [2.05, 4.69) is 10.4 Å². The first-order chi connectivity index (χ1) is 12.4. The summed E-state index contributed by atoms with van der Waals surface area (Å²) in [5, 5.41) is 7.06. The molecule has 7 nitrogen and oxygen atoms in total. The zero-order chi connectivity index (χ0) is 18.8. The molecular formula is C18H22FN5O2. The summed E-state index contributed by atoms with van der Waals surface area (Å²) in [5.74, 6) is -0.944. The molecule has 138 valence electrons. The number of likely N-dealkylation sites (N-methyl/N-ethyl adjacent to an activating group) is 2. The van der Waals surface area contributed by atoms with Crippen molar-refractivity contribution >= 4 is 17.5 Å². The standard InChI is InChI=1S/C18H22FN5O2/c1-20-16(12-10-21-22(2)11-12)18(26)23(3)15-8-9-24(17(15)25)14-7-5-4-6-13(14)19/h4-7,10-11,15-16,20H,8-9H2,1-3H3. The number of nitrogens with one attached hydrogen (secondary N) is 1. The van der Waals surface area contributed by atoms with E-state index in [0.717, 1.165) is 5.56 Å². The van der Waals surface area contributed by atoms with Crippen LogP contribution in [0.1, 0.15) is 18.0 Å². The van der Waals surface area contributed by atoms with Crippen LogP contribution in [-0.2, 0) is 16.6 Å². The first-order valence-electron chi connectivity index (χ1n) is 8.42. The molecule has 0 bridgehead atoms. The number of carbonyl (C=O) groups is 2. The van der Waals surface area contributed by atoms with Crippen molar-refractivity contribution in [2.24, 2.45) is 7.05 Å². The molecule has 0 radical (unpaired) electrons. The Morgan fingerprint density at radius 3 is 2.77 bits per heavy atom. The number of amides is 2. The molecular weight excluding hydrogens is 337 g/mol. The molecule has 2 amide bonds. The minimum atomic E-state index is -0.616. The normalized spacial score (nSPS) is 18.2.